The highest BCUT2D eigenvalue weighted by Gasteiger charge is 2.20. The fraction of sp³-hybridized carbons (Fsp3) is 0.409. The van der Waals surface area contributed by atoms with Crippen LogP contribution < -0.4 is 10.3 Å². The molecular formula is C22H26N2O4S2. The van der Waals surface area contributed by atoms with Crippen molar-refractivity contribution >= 4 is 39.3 Å². The molecule has 6 nitrogen and oxygen atoms in total. The first kappa shape index (κ1) is 22.4. The Hall–Kier alpha value is -2.32. The molecule has 1 aromatic carbocycles. The maximum atomic E-state index is 13.5. The molecular weight excluding hydrogens is 420 g/mol. The summed E-state index contributed by atoms with van der Waals surface area (Å²) in [4.78, 5) is 32.2. The number of hydrogen-bond donors (Lipinski definition) is 0. The highest BCUT2D eigenvalue weighted by molar-refractivity contribution is 7.99. The number of hydrogen-bond acceptors (Lipinski definition) is 7. The van der Waals surface area contributed by atoms with E-state index in [1.54, 1.807) is 17.7 Å². The molecule has 0 N–H and O–H groups in total. The summed E-state index contributed by atoms with van der Waals surface area (Å²) in [6, 6.07) is 7.28. The van der Waals surface area contributed by atoms with E-state index in [0.717, 1.165) is 29.7 Å². The van der Waals surface area contributed by atoms with Crippen LogP contribution in [0.25, 0.3) is 15.9 Å². The van der Waals surface area contributed by atoms with Gasteiger partial charge in [0.1, 0.15) is 10.6 Å². The van der Waals surface area contributed by atoms with Gasteiger partial charge in [-0.1, -0.05) is 38.1 Å². The second-order valence-electron chi connectivity index (χ2n) is 6.78. The molecule has 0 bridgehead atoms. The van der Waals surface area contributed by atoms with Crippen molar-refractivity contribution in [3.05, 3.63) is 45.1 Å². The van der Waals surface area contributed by atoms with Crippen LogP contribution in [-0.2, 0) is 16.0 Å². The van der Waals surface area contributed by atoms with Crippen molar-refractivity contribution < 1.29 is 14.3 Å². The van der Waals surface area contributed by atoms with Gasteiger partial charge in [0.15, 0.2) is 5.16 Å². The summed E-state index contributed by atoms with van der Waals surface area (Å²) in [5.41, 5.74) is 1.49. The fourth-order valence-electron chi connectivity index (χ4n) is 3.12. The quantitative estimate of drug-likeness (QED) is 0.204. The van der Waals surface area contributed by atoms with Gasteiger partial charge < -0.3 is 9.47 Å². The Labute approximate surface area is 184 Å². The number of ether oxygens (including phenoxy) is 2. The van der Waals surface area contributed by atoms with E-state index in [1.807, 2.05) is 32.0 Å². The number of thioether (sulfide) groups is 1. The molecule has 3 aromatic rings. The van der Waals surface area contributed by atoms with Gasteiger partial charge in [0.25, 0.3) is 5.56 Å². The normalized spacial score (nSPS) is 11.1. The van der Waals surface area contributed by atoms with Gasteiger partial charge in [0, 0.05) is 10.9 Å². The number of carbonyl (C=O) groups excluding carboxylic acids is 1. The Kier molecular flexibility index (Phi) is 7.55. The standard InChI is InChI=1S/C22H26N2O4S2/c1-5-7-11-28-18(25)13-29-22-23-20-19(14(3)17(6-2)30-20)21(26)24(22)15-9-8-10-16(12-15)27-4/h8-10,12H,5-7,11,13H2,1-4H3. The van der Waals surface area contributed by atoms with Crippen LogP contribution in [0.15, 0.2) is 34.2 Å². The molecule has 0 amide bonds. The van der Waals surface area contributed by atoms with Gasteiger partial charge in [0.05, 0.1) is 30.5 Å². The van der Waals surface area contributed by atoms with Crippen LogP contribution in [0.5, 0.6) is 5.75 Å². The van der Waals surface area contributed by atoms with E-state index in [4.69, 9.17) is 14.5 Å². The van der Waals surface area contributed by atoms with Crippen molar-refractivity contribution in [2.24, 2.45) is 0 Å². The SMILES string of the molecule is CCCCOC(=O)CSc1nc2sc(CC)c(C)c2c(=O)n1-c1cccc(OC)c1. The van der Waals surface area contributed by atoms with Gasteiger partial charge in [-0.2, -0.15) is 0 Å². The lowest BCUT2D eigenvalue weighted by Crippen LogP contribution is -2.22. The predicted octanol–water partition coefficient (Wildman–Crippen LogP) is 4.76. The number of thiophene rings is 1. The third kappa shape index (κ3) is 4.70. The molecule has 160 valence electrons. The topological polar surface area (TPSA) is 70.4 Å². The average Bonchev–Trinajstić information content (AvgIpc) is 3.08. The number of esters is 1. The van der Waals surface area contributed by atoms with Crippen LogP contribution in [-0.4, -0.2) is 35.0 Å². The average molecular weight is 447 g/mol. The van der Waals surface area contributed by atoms with Crippen molar-refractivity contribution in [3.8, 4) is 11.4 Å². The molecule has 0 atom stereocenters. The van der Waals surface area contributed by atoms with Gasteiger partial charge in [-0.05, 0) is 37.5 Å². The highest BCUT2D eigenvalue weighted by atomic mass is 32.2. The molecule has 0 aliphatic rings. The number of aromatic nitrogens is 2. The summed E-state index contributed by atoms with van der Waals surface area (Å²) in [5, 5.41) is 1.10. The Morgan fingerprint density at radius 1 is 1.30 bits per heavy atom. The van der Waals surface area contributed by atoms with Crippen LogP contribution in [0.2, 0.25) is 0 Å². The summed E-state index contributed by atoms with van der Waals surface area (Å²) < 4.78 is 12.1. The minimum atomic E-state index is -0.309. The monoisotopic (exact) mass is 446 g/mol. The fourth-order valence-corrected chi connectivity index (χ4v) is 5.09. The molecule has 0 radical (unpaired) electrons. The minimum Gasteiger partial charge on any atom is -0.497 e. The zero-order chi connectivity index (χ0) is 21.7. The lowest BCUT2D eigenvalue weighted by atomic mass is 10.2. The van der Waals surface area contributed by atoms with E-state index in [9.17, 15) is 9.59 Å². The zero-order valence-electron chi connectivity index (χ0n) is 17.7. The maximum Gasteiger partial charge on any atom is 0.316 e. The van der Waals surface area contributed by atoms with E-state index in [2.05, 4.69) is 6.92 Å². The Morgan fingerprint density at radius 3 is 2.80 bits per heavy atom. The second-order valence-corrected chi connectivity index (χ2v) is 8.81. The summed E-state index contributed by atoms with van der Waals surface area (Å²) >= 11 is 2.75. The van der Waals surface area contributed by atoms with E-state index < -0.39 is 0 Å². The summed E-state index contributed by atoms with van der Waals surface area (Å²) in [7, 11) is 1.59. The lowest BCUT2D eigenvalue weighted by Gasteiger charge is -2.13. The number of rotatable bonds is 9. The molecule has 3 rings (SSSR count). The van der Waals surface area contributed by atoms with Crippen molar-refractivity contribution in [1.82, 2.24) is 9.55 Å². The second kappa shape index (κ2) is 10.1. The lowest BCUT2D eigenvalue weighted by molar-refractivity contribution is -0.140. The summed E-state index contributed by atoms with van der Waals surface area (Å²) in [6.07, 6.45) is 2.65. The van der Waals surface area contributed by atoms with Crippen LogP contribution in [0.1, 0.15) is 37.1 Å². The molecule has 0 fully saturated rings. The van der Waals surface area contributed by atoms with E-state index in [1.165, 1.54) is 23.1 Å². The Balaban J connectivity index is 2.07. The van der Waals surface area contributed by atoms with Gasteiger partial charge in [-0.3, -0.25) is 14.2 Å². The molecule has 0 saturated heterocycles. The number of methoxy groups -OCH3 is 1. The predicted molar refractivity (Wildman–Crippen MR) is 122 cm³/mol. The molecule has 30 heavy (non-hydrogen) atoms. The molecule has 2 aromatic heterocycles. The van der Waals surface area contributed by atoms with Crippen LogP contribution in [0.4, 0.5) is 0 Å². The molecule has 0 aliphatic heterocycles. The molecule has 8 heteroatoms. The molecule has 0 spiro atoms. The third-order valence-electron chi connectivity index (χ3n) is 4.75. The van der Waals surface area contributed by atoms with E-state index >= 15 is 0 Å². The maximum absolute atomic E-state index is 13.5. The molecule has 2 heterocycles. The van der Waals surface area contributed by atoms with Gasteiger partial charge in [-0.15, -0.1) is 11.3 Å². The van der Waals surface area contributed by atoms with Gasteiger partial charge in [0.2, 0.25) is 0 Å². The summed E-state index contributed by atoms with van der Waals surface area (Å²) in [6.45, 7) is 6.49. The largest absolute Gasteiger partial charge is 0.497 e. The number of carbonyl (C=O) groups is 1. The minimum absolute atomic E-state index is 0.0939. The molecule has 0 aliphatic carbocycles. The number of nitrogens with zero attached hydrogens (tertiary/aromatic N) is 2. The first-order valence-electron chi connectivity index (χ1n) is 9.98. The first-order chi connectivity index (χ1) is 14.5. The number of aryl methyl sites for hydroxylation is 2. The number of benzene rings is 1. The van der Waals surface area contributed by atoms with E-state index in [0.29, 0.717) is 33.4 Å². The Bertz CT molecular complexity index is 1100. The van der Waals surface area contributed by atoms with Gasteiger partial charge >= 0.3 is 5.97 Å². The van der Waals surface area contributed by atoms with E-state index in [-0.39, 0.29) is 17.3 Å². The van der Waals surface area contributed by atoms with Crippen LogP contribution in [0.3, 0.4) is 0 Å². The number of fused-ring (bicyclic) bond motifs is 1. The van der Waals surface area contributed by atoms with Crippen molar-refractivity contribution in [1.29, 1.82) is 0 Å². The first-order valence-corrected chi connectivity index (χ1v) is 11.8. The zero-order valence-corrected chi connectivity index (χ0v) is 19.3. The van der Waals surface area contributed by atoms with Gasteiger partial charge in [-0.25, -0.2) is 4.98 Å². The Morgan fingerprint density at radius 2 is 2.10 bits per heavy atom. The van der Waals surface area contributed by atoms with Crippen molar-refractivity contribution in [2.45, 2.75) is 45.2 Å². The molecule has 0 saturated carbocycles. The highest BCUT2D eigenvalue weighted by Crippen LogP contribution is 2.31. The summed E-state index contributed by atoms with van der Waals surface area (Å²) in [5.74, 6) is 0.429. The van der Waals surface area contributed by atoms with Crippen molar-refractivity contribution in [2.75, 3.05) is 19.5 Å². The number of unbranched alkanes of at least 4 members (excludes halogenated alkanes) is 1. The van der Waals surface area contributed by atoms with Crippen molar-refractivity contribution in [3.63, 3.8) is 0 Å². The third-order valence-corrected chi connectivity index (χ3v) is 6.99. The smallest absolute Gasteiger partial charge is 0.316 e. The molecule has 0 unspecified atom stereocenters. The van der Waals surface area contributed by atoms with Crippen LogP contribution >= 0.6 is 23.1 Å². The van der Waals surface area contributed by atoms with Crippen LogP contribution in [0, 0.1) is 6.92 Å².